The van der Waals surface area contributed by atoms with E-state index in [4.69, 9.17) is 4.99 Å². The molecule has 0 N–H and O–H groups in total. The Labute approximate surface area is 140 Å². The van der Waals surface area contributed by atoms with E-state index in [9.17, 15) is 4.79 Å². The van der Waals surface area contributed by atoms with Gasteiger partial charge >= 0.3 is 0 Å². The summed E-state index contributed by atoms with van der Waals surface area (Å²) in [7, 11) is 0. The number of benzene rings is 1. The van der Waals surface area contributed by atoms with Gasteiger partial charge in [0.15, 0.2) is 0 Å². The third kappa shape index (κ3) is 6.19. The topological polar surface area (TPSA) is 29.4 Å². The summed E-state index contributed by atoms with van der Waals surface area (Å²) < 4.78 is 0. The number of aliphatic imine (C=N–C) groups is 1. The van der Waals surface area contributed by atoms with E-state index in [1.165, 1.54) is 5.56 Å². The number of hydrogen-bond acceptors (Lipinski definition) is 2. The minimum Gasteiger partial charge on any atom is -0.300 e. The van der Waals surface area contributed by atoms with Crippen molar-refractivity contribution in [3.63, 3.8) is 0 Å². The Bertz CT molecular complexity index is 685. The molecule has 2 heteroatoms. The van der Waals surface area contributed by atoms with Crippen molar-refractivity contribution in [2.45, 2.75) is 48.0 Å². The molecule has 0 bridgehead atoms. The second-order valence-electron chi connectivity index (χ2n) is 6.24. The van der Waals surface area contributed by atoms with E-state index in [0.717, 1.165) is 33.7 Å². The largest absolute Gasteiger partial charge is 0.300 e. The Morgan fingerprint density at radius 1 is 1.09 bits per heavy atom. The highest BCUT2D eigenvalue weighted by Gasteiger charge is 2.08. The van der Waals surface area contributed by atoms with Crippen molar-refractivity contribution in [1.29, 1.82) is 0 Å². The van der Waals surface area contributed by atoms with Crippen molar-refractivity contribution >= 4 is 17.2 Å². The maximum absolute atomic E-state index is 11.5. The maximum atomic E-state index is 11.5. The second kappa shape index (κ2) is 8.42. The summed E-state index contributed by atoms with van der Waals surface area (Å²) in [6.45, 7) is 15.5. The van der Waals surface area contributed by atoms with Crippen LogP contribution >= 0.6 is 0 Å². The van der Waals surface area contributed by atoms with Crippen LogP contribution in [0.2, 0.25) is 0 Å². The first-order chi connectivity index (χ1) is 10.7. The molecule has 0 heterocycles. The molecular formula is C21H27NO. The number of Topliss-reactive ketones (excluding diaryl/α,β-unsaturated/α-hetero) is 1. The molecule has 0 unspecified atom stereocenters. The highest BCUT2D eigenvalue weighted by atomic mass is 16.1. The van der Waals surface area contributed by atoms with Gasteiger partial charge < -0.3 is 0 Å². The van der Waals surface area contributed by atoms with Crippen LogP contribution < -0.4 is 0 Å². The van der Waals surface area contributed by atoms with E-state index in [1.807, 2.05) is 33.8 Å². The third-order valence-electron chi connectivity index (χ3n) is 3.56. The van der Waals surface area contributed by atoms with Crippen molar-refractivity contribution in [3.05, 3.63) is 64.8 Å². The van der Waals surface area contributed by atoms with E-state index in [0.29, 0.717) is 6.42 Å². The van der Waals surface area contributed by atoms with Crippen LogP contribution in [-0.4, -0.2) is 11.5 Å². The SMILES string of the molecule is C=C(C)\C=C(C)/C(C)=N/C(=C(\C)CC(C)=O)c1ccc(C)cc1. The smallest absolute Gasteiger partial charge is 0.133 e. The van der Waals surface area contributed by atoms with Gasteiger partial charge in [0.2, 0.25) is 0 Å². The number of carbonyl (C=O) groups excluding carboxylic acids is 1. The summed E-state index contributed by atoms with van der Waals surface area (Å²) in [4.78, 5) is 16.3. The first-order valence-corrected chi connectivity index (χ1v) is 7.86. The number of allylic oxidation sites excluding steroid dienone is 4. The Hall–Kier alpha value is -2.22. The molecule has 0 spiro atoms. The molecule has 0 saturated carbocycles. The number of nitrogens with zero attached hydrogens (tertiary/aromatic N) is 1. The molecule has 1 rings (SSSR count). The number of rotatable bonds is 6. The highest BCUT2D eigenvalue weighted by Crippen LogP contribution is 2.24. The number of aryl methyl sites for hydroxylation is 1. The molecule has 122 valence electrons. The summed E-state index contributed by atoms with van der Waals surface area (Å²) in [5, 5.41) is 0. The van der Waals surface area contributed by atoms with Crippen LogP contribution in [0.3, 0.4) is 0 Å². The van der Waals surface area contributed by atoms with Gasteiger partial charge in [-0.15, -0.1) is 0 Å². The van der Waals surface area contributed by atoms with Gasteiger partial charge in [0.05, 0.1) is 5.70 Å². The van der Waals surface area contributed by atoms with Crippen LogP contribution in [-0.2, 0) is 4.79 Å². The Morgan fingerprint density at radius 2 is 1.65 bits per heavy atom. The zero-order chi connectivity index (χ0) is 17.6. The summed E-state index contributed by atoms with van der Waals surface area (Å²) in [5.41, 5.74) is 7.13. The van der Waals surface area contributed by atoms with Gasteiger partial charge in [0.25, 0.3) is 0 Å². The van der Waals surface area contributed by atoms with Crippen molar-refractivity contribution in [3.8, 4) is 0 Å². The van der Waals surface area contributed by atoms with E-state index in [-0.39, 0.29) is 5.78 Å². The molecule has 1 aromatic rings. The molecule has 0 aliphatic rings. The minimum absolute atomic E-state index is 0.147. The van der Waals surface area contributed by atoms with Gasteiger partial charge in [-0.3, -0.25) is 9.79 Å². The summed E-state index contributed by atoms with van der Waals surface area (Å²) >= 11 is 0. The average molecular weight is 309 g/mol. The molecular weight excluding hydrogens is 282 g/mol. The van der Waals surface area contributed by atoms with E-state index < -0.39 is 0 Å². The number of ketones is 1. The lowest BCUT2D eigenvalue weighted by molar-refractivity contribution is -0.116. The second-order valence-corrected chi connectivity index (χ2v) is 6.24. The monoisotopic (exact) mass is 309 g/mol. The van der Waals surface area contributed by atoms with Gasteiger partial charge in [0.1, 0.15) is 5.78 Å². The van der Waals surface area contributed by atoms with Crippen molar-refractivity contribution in [2.75, 3.05) is 0 Å². The predicted molar refractivity (Wildman–Crippen MR) is 101 cm³/mol. The zero-order valence-corrected chi connectivity index (χ0v) is 15.2. The van der Waals surface area contributed by atoms with Crippen LogP contribution in [0.15, 0.2) is 58.6 Å². The first-order valence-electron chi connectivity index (χ1n) is 7.86. The molecule has 0 aliphatic heterocycles. The van der Waals surface area contributed by atoms with E-state index >= 15 is 0 Å². The van der Waals surface area contributed by atoms with Crippen LogP contribution in [0.5, 0.6) is 0 Å². The Balaban J connectivity index is 3.38. The van der Waals surface area contributed by atoms with E-state index in [1.54, 1.807) is 6.92 Å². The van der Waals surface area contributed by atoms with Crippen molar-refractivity contribution < 1.29 is 4.79 Å². The standard InChI is InChI=1S/C21H27NO/c1-14(2)12-16(4)19(7)22-21(17(5)13-18(6)23)20-10-8-15(3)9-11-20/h8-12H,1,13H2,2-7H3/b16-12-,21-17+,22-19+. The maximum Gasteiger partial charge on any atom is 0.133 e. The van der Waals surface area contributed by atoms with Crippen molar-refractivity contribution in [2.24, 2.45) is 4.99 Å². The molecule has 23 heavy (non-hydrogen) atoms. The van der Waals surface area contributed by atoms with Gasteiger partial charge in [-0.1, -0.05) is 48.1 Å². The normalized spacial score (nSPS) is 13.7. The molecule has 0 radical (unpaired) electrons. The first kappa shape index (κ1) is 18.8. The predicted octanol–water partition coefficient (Wildman–Crippen LogP) is 5.69. The lowest BCUT2D eigenvalue weighted by atomic mass is 10.0. The zero-order valence-electron chi connectivity index (χ0n) is 15.2. The quantitative estimate of drug-likeness (QED) is 0.490. The average Bonchev–Trinajstić information content (AvgIpc) is 2.44. The van der Waals surface area contributed by atoms with Crippen LogP contribution in [0.4, 0.5) is 0 Å². The molecule has 0 aromatic heterocycles. The molecule has 0 amide bonds. The fourth-order valence-electron chi connectivity index (χ4n) is 2.30. The molecule has 0 atom stereocenters. The Kier molecular flexibility index (Phi) is 6.89. The van der Waals surface area contributed by atoms with Crippen molar-refractivity contribution in [1.82, 2.24) is 0 Å². The lowest BCUT2D eigenvalue weighted by Gasteiger charge is -2.10. The van der Waals surface area contributed by atoms with Gasteiger partial charge in [-0.25, -0.2) is 0 Å². The van der Waals surface area contributed by atoms with E-state index in [2.05, 4.69) is 37.8 Å². The minimum atomic E-state index is 0.147. The summed E-state index contributed by atoms with van der Waals surface area (Å²) in [6, 6.07) is 8.25. The molecule has 2 nitrogen and oxygen atoms in total. The van der Waals surface area contributed by atoms with Crippen LogP contribution in [0, 0.1) is 6.92 Å². The fourth-order valence-corrected chi connectivity index (χ4v) is 2.30. The van der Waals surface area contributed by atoms with Gasteiger partial charge in [-0.05, 0) is 52.7 Å². The van der Waals surface area contributed by atoms with Gasteiger partial charge in [0, 0.05) is 17.7 Å². The molecule has 0 fully saturated rings. The molecule has 0 aliphatic carbocycles. The fraction of sp³-hybridized carbons (Fsp3) is 0.333. The molecule has 1 aromatic carbocycles. The summed E-state index contributed by atoms with van der Waals surface area (Å²) in [6.07, 6.45) is 2.44. The number of carbonyl (C=O) groups is 1. The number of hydrogen-bond donors (Lipinski definition) is 0. The van der Waals surface area contributed by atoms with Crippen LogP contribution in [0.25, 0.3) is 5.70 Å². The Morgan fingerprint density at radius 3 is 2.13 bits per heavy atom. The van der Waals surface area contributed by atoms with Crippen LogP contribution in [0.1, 0.15) is 52.2 Å². The van der Waals surface area contributed by atoms with Gasteiger partial charge in [-0.2, -0.15) is 0 Å². The lowest BCUT2D eigenvalue weighted by Crippen LogP contribution is -1.99. The molecule has 0 saturated heterocycles. The third-order valence-corrected chi connectivity index (χ3v) is 3.56. The highest BCUT2D eigenvalue weighted by molar-refractivity contribution is 6.01. The summed E-state index contributed by atoms with van der Waals surface area (Å²) in [5.74, 6) is 0.147.